The number of carbonyl (C=O) groups is 1. The number of benzene rings is 1. The predicted molar refractivity (Wildman–Crippen MR) is 76.2 cm³/mol. The summed E-state index contributed by atoms with van der Waals surface area (Å²) in [5.74, 6) is -0.552. The Morgan fingerprint density at radius 2 is 2.10 bits per heavy atom. The number of urea groups is 1. The van der Waals surface area contributed by atoms with E-state index in [2.05, 4.69) is 9.24 Å². The van der Waals surface area contributed by atoms with E-state index >= 15 is 0 Å². The summed E-state index contributed by atoms with van der Waals surface area (Å²) < 4.78 is 4.92. The number of primary amides is 1. The quantitative estimate of drug-likeness (QED) is 0.541. The van der Waals surface area contributed by atoms with Crippen LogP contribution in [0.25, 0.3) is 11.0 Å². The first-order chi connectivity index (χ1) is 9.31. The zero-order chi connectivity index (χ0) is 15.0. The van der Waals surface area contributed by atoms with Gasteiger partial charge in [-0.05, 0) is 5.30 Å². The summed E-state index contributed by atoms with van der Waals surface area (Å²) in [4.78, 5) is 23.4. The minimum absolute atomic E-state index is 0.0583. The third kappa shape index (κ3) is 2.40. The average Bonchev–Trinajstić information content (AvgIpc) is 2.32. The molecular weight excluding hydrogens is 283 g/mol. The molecule has 0 saturated heterocycles. The number of fused-ring (bicyclic) bond motifs is 1. The van der Waals surface area contributed by atoms with E-state index in [1.165, 1.54) is 19.2 Å². The van der Waals surface area contributed by atoms with Gasteiger partial charge in [0.15, 0.2) is 0 Å². The number of phenolic OH excluding ortho intramolecular Hbond substituents is 2. The van der Waals surface area contributed by atoms with Crippen LogP contribution in [-0.4, -0.2) is 28.2 Å². The molecule has 4 N–H and O–H groups in total. The van der Waals surface area contributed by atoms with Crippen molar-refractivity contribution in [3.05, 3.63) is 28.1 Å². The normalized spacial score (nSPS) is 10.7. The minimum atomic E-state index is -0.699. The van der Waals surface area contributed by atoms with Gasteiger partial charge in [-0.3, -0.25) is 0 Å². The Bertz CT molecular complexity index is 756. The SMILES string of the molecule is CN(Cc1c(O)cc2oc(=O)cc(P)c2c1O)C(N)=O. The summed E-state index contributed by atoms with van der Waals surface area (Å²) in [5.41, 5.74) is 4.69. The summed E-state index contributed by atoms with van der Waals surface area (Å²) in [6, 6.07) is 1.72. The molecule has 0 saturated carbocycles. The molecule has 1 aromatic carbocycles. The van der Waals surface area contributed by atoms with Gasteiger partial charge in [-0.25, -0.2) is 9.59 Å². The standard InChI is InChI=1S/C12H13N2O5P/c1-14(12(13)18)4-5-6(15)2-7-10(11(5)17)8(20)3-9(16)19-7/h2-3,15,17H,4,20H2,1H3,(H2,13,18). The van der Waals surface area contributed by atoms with Gasteiger partial charge in [0.25, 0.3) is 0 Å². The smallest absolute Gasteiger partial charge is 0.336 e. The summed E-state index contributed by atoms with van der Waals surface area (Å²) in [6.45, 7) is -0.0772. The summed E-state index contributed by atoms with van der Waals surface area (Å²) in [7, 11) is 3.74. The molecule has 2 amide bonds. The Hall–Kier alpha value is -2.27. The molecule has 1 unspecified atom stereocenters. The zero-order valence-electron chi connectivity index (χ0n) is 10.6. The van der Waals surface area contributed by atoms with Gasteiger partial charge < -0.3 is 25.3 Å². The molecule has 1 atom stereocenters. The van der Waals surface area contributed by atoms with Crippen LogP contribution in [0.5, 0.6) is 11.5 Å². The van der Waals surface area contributed by atoms with E-state index in [0.29, 0.717) is 5.30 Å². The molecule has 0 aliphatic carbocycles. The first kappa shape index (κ1) is 14.1. The highest BCUT2D eigenvalue weighted by atomic mass is 31.0. The zero-order valence-corrected chi connectivity index (χ0v) is 11.7. The molecule has 2 aromatic rings. The molecule has 0 aliphatic heterocycles. The van der Waals surface area contributed by atoms with Crippen molar-refractivity contribution in [1.82, 2.24) is 4.90 Å². The number of hydrogen-bond acceptors (Lipinski definition) is 5. The van der Waals surface area contributed by atoms with E-state index in [0.717, 1.165) is 4.90 Å². The maximum absolute atomic E-state index is 11.3. The molecular formula is C12H13N2O5P. The van der Waals surface area contributed by atoms with Gasteiger partial charge in [0, 0.05) is 19.2 Å². The van der Waals surface area contributed by atoms with Crippen molar-refractivity contribution >= 4 is 31.5 Å². The van der Waals surface area contributed by atoms with Crippen molar-refractivity contribution in [1.29, 1.82) is 0 Å². The summed E-state index contributed by atoms with van der Waals surface area (Å²) >= 11 is 0. The van der Waals surface area contributed by atoms with Gasteiger partial charge in [0.1, 0.15) is 17.1 Å². The molecule has 7 nitrogen and oxygen atoms in total. The second-order valence-corrected chi connectivity index (χ2v) is 4.93. The Morgan fingerprint density at radius 3 is 2.70 bits per heavy atom. The number of hydrogen-bond donors (Lipinski definition) is 3. The minimum Gasteiger partial charge on any atom is -0.507 e. The van der Waals surface area contributed by atoms with Crippen molar-refractivity contribution < 1.29 is 19.4 Å². The third-order valence-corrected chi connectivity index (χ3v) is 3.35. The van der Waals surface area contributed by atoms with Gasteiger partial charge in [-0.2, -0.15) is 0 Å². The van der Waals surface area contributed by atoms with Crippen LogP contribution in [0, 0.1) is 0 Å². The highest BCUT2D eigenvalue weighted by Crippen LogP contribution is 2.35. The van der Waals surface area contributed by atoms with Gasteiger partial charge in [-0.15, -0.1) is 9.24 Å². The molecule has 20 heavy (non-hydrogen) atoms. The fourth-order valence-electron chi connectivity index (χ4n) is 1.84. The van der Waals surface area contributed by atoms with Crippen LogP contribution in [-0.2, 0) is 6.54 Å². The first-order valence-corrected chi connectivity index (χ1v) is 6.16. The second-order valence-electron chi connectivity index (χ2n) is 4.31. The van der Waals surface area contributed by atoms with Crippen molar-refractivity contribution in [3.8, 4) is 11.5 Å². The fourth-order valence-corrected chi connectivity index (χ4v) is 2.25. The second kappa shape index (κ2) is 5.02. The van der Waals surface area contributed by atoms with Crippen LogP contribution in [0.4, 0.5) is 4.79 Å². The van der Waals surface area contributed by atoms with Crippen LogP contribution in [0.3, 0.4) is 0 Å². The van der Waals surface area contributed by atoms with E-state index in [4.69, 9.17) is 10.2 Å². The molecule has 0 spiro atoms. The van der Waals surface area contributed by atoms with Crippen LogP contribution < -0.4 is 16.7 Å². The maximum Gasteiger partial charge on any atom is 0.336 e. The first-order valence-electron chi connectivity index (χ1n) is 5.59. The number of nitrogens with two attached hydrogens (primary N) is 1. The molecule has 106 valence electrons. The van der Waals surface area contributed by atoms with Crippen molar-refractivity contribution in [3.63, 3.8) is 0 Å². The lowest BCUT2D eigenvalue weighted by molar-refractivity contribution is 0.215. The lowest BCUT2D eigenvalue weighted by Crippen LogP contribution is -2.31. The third-order valence-electron chi connectivity index (χ3n) is 2.89. The Balaban J connectivity index is 2.68. The monoisotopic (exact) mass is 296 g/mol. The number of phenols is 2. The van der Waals surface area contributed by atoms with E-state index in [1.54, 1.807) is 0 Å². The van der Waals surface area contributed by atoms with Gasteiger partial charge >= 0.3 is 11.7 Å². The Kier molecular flexibility index (Phi) is 3.55. The highest BCUT2D eigenvalue weighted by molar-refractivity contribution is 7.28. The largest absolute Gasteiger partial charge is 0.507 e. The van der Waals surface area contributed by atoms with E-state index in [1.807, 2.05) is 0 Å². The van der Waals surface area contributed by atoms with E-state index < -0.39 is 11.7 Å². The summed E-state index contributed by atoms with van der Waals surface area (Å²) in [5, 5.41) is 20.8. The number of nitrogens with zero attached hydrogens (tertiary/aromatic N) is 1. The topological polar surface area (TPSA) is 117 Å². The summed E-state index contributed by atoms with van der Waals surface area (Å²) in [6.07, 6.45) is 0. The molecule has 0 aliphatic rings. The van der Waals surface area contributed by atoms with Crippen LogP contribution >= 0.6 is 9.24 Å². The van der Waals surface area contributed by atoms with Crippen LogP contribution in [0.1, 0.15) is 5.56 Å². The Labute approximate surface area is 115 Å². The predicted octanol–water partition coefficient (Wildman–Crippen LogP) is 0.215. The van der Waals surface area contributed by atoms with Gasteiger partial charge in [0.2, 0.25) is 0 Å². The van der Waals surface area contributed by atoms with E-state index in [-0.39, 0.29) is 34.6 Å². The van der Waals surface area contributed by atoms with Crippen LogP contribution in [0.2, 0.25) is 0 Å². The number of rotatable bonds is 2. The molecule has 0 radical (unpaired) electrons. The van der Waals surface area contributed by atoms with Gasteiger partial charge in [-0.1, -0.05) is 0 Å². The van der Waals surface area contributed by atoms with Crippen molar-refractivity contribution in [2.24, 2.45) is 5.73 Å². The maximum atomic E-state index is 11.3. The molecule has 0 fully saturated rings. The molecule has 8 heteroatoms. The number of amides is 2. The van der Waals surface area contributed by atoms with Gasteiger partial charge in [0.05, 0.1) is 17.5 Å². The Morgan fingerprint density at radius 1 is 1.45 bits per heavy atom. The molecule has 2 rings (SSSR count). The van der Waals surface area contributed by atoms with Crippen LogP contribution in [0.15, 0.2) is 21.3 Å². The molecule has 0 bridgehead atoms. The fraction of sp³-hybridized carbons (Fsp3) is 0.167. The lowest BCUT2D eigenvalue weighted by Gasteiger charge is -2.17. The molecule has 1 heterocycles. The number of aromatic hydroxyl groups is 2. The molecule has 1 aromatic heterocycles. The lowest BCUT2D eigenvalue weighted by atomic mass is 10.1. The van der Waals surface area contributed by atoms with Crippen molar-refractivity contribution in [2.75, 3.05) is 7.05 Å². The van der Waals surface area contributed by atoms with E-state index in [9.17, 15) is 19.8 Å². The highest BCUT2D eigenvalue weighted by Gasteiger charge is 2.18. The van der Waals surface area contributed by atoms with Crippen molar-refractivity contribution in [2.45, 2.75) is 6.54 Å². The number of carbonyl (C=O) groups excluding carboxylic acids is 1. The average molecular weight is 296 g/mol.